The molecule has 0 saturated carbocycles. The molecular formula is C62H111NO8. The molecule has 1 aliphatic heterocycles. The van der Waals surface area contributed by atoms with Crippen molar-refractivity contribution >= 4 is 5.91 Å². The quantitative estimate of drug-likeness (QED) is 0.0261. The van der Waals surface area contributed by atoms with E-state index < -0.39 is 49.5 Å². The SMILES string of the molecule is CC/C=C\C/C=C\C/C=C\C/C=C\CCCCCCCCCCCCCCCCCCCCCCCCC(=O)NC(COC1OC(CO)C(O)C(O)C1O)C(O)/C=C/CC/C=C/CCCCCCCCC. The van der Waals surface area contributed by atoms with Gasteiger partial charge in [0.2, 0.25) is 5.91 Å². The molecule has 6 N–H and O–H groups in total. The summed E-state index contributed by atoms with van der Waals surface area (Å²) in [5.74, 6) is -0.186. The van der Waals surface area contributed by atoms with Crippen molar-refractivity contribution in [2.75, 3.05) is 13.2 Å². The van der Waals surface area contributed by atoms with Gasteiger partial charge >= 0.3 is 0 Å². The Morgan fingerprint density at radius 3 is 1.35 bits per heavy atom. The molecule has 1 aliphatic rings. The van der Waals surface area contributed by atoms with Gasteiger partial charge in [-0.3, -0.25) is 4.79 Å². The van der Waals surface area contributed by atoms with Gasteiger partial charge < -0.3 is 40.3 Å². The lowest BCUT2D eigenvalue weighted by Gasteiger charge is -2.40. The molecule has 1 saturated heterocycles. The summed E-state index contributed by atoms with van der Waals surface area (Å²) in [5, 5.41) is 54.4. The number of nitrogens with one attached hydrogen (secondary N) is 1. The standard InChI is InChI=1S/C62H111NO8/c1-3-5-7-9-11-13-15-17-18-19-20-21-22-23-24-25-26-27-28-29-30-31-32-33-34-35-36-37-38-40-42-44-46-48-50-52-58(66)63-55(54-70-62-61(69)60(68)59(67)57(53-64)71-62)56(65)51-49-47-45-43-41-39-16-14-12-10-8-6-4-2/h5,7,11,13,17-18,20-21,41,43,49,51,55-57,59-62,64-65,67-69H,3-4,6,8-10,12,14-16,19,22-40,42,44-48,50,52-54H2,1-2H3,(H,63,66)/b7-5-,13-11-,18-17-,21-20-,43-41+,51-49+. The number of unbranched alkanes of at least 4 members (excludes halogenated alkanes) is 30. The summed E-state index contributed by atoms with van der Waals surface area (Å²) in [6.07, 6.45) is 64.2. The fraction of sp³-hybridized carbons (Fsp3) is 0.790. The lowest BCUT2D eigenvalue weighted by Crippen LogP contribution is -2.60. The van der Waals surface area contributed by atoms with E-state index in [2.05, 4.69) is 79.9 Å². The Balaban J connectivity index is 2.09. The molecule has 412 valence electrons. The topological polar surface area (TPSA) is 149 Å². The Labute approximate surface area is 436 Å². The van der Waals surface area contributed by atoms with E-state index in [1.807, 2.05) is 6.08 Å². The molecule has 71 heavy (non-hydrogen) atoms. The highest BCUT2D eigenvalue weighted by Crippen LogP contribution is 2.23. The second kappa shape index (κ2) is 51.1. The largest absolute Gasteiger partial charge is 0.394 e. The van der Waals surface area contributed by atoms with Crippen molar-refractivity contribution < 1.29 is 39.8 Å². The Morgan fingerprint density at radius 1 is 0.493 bits per heavy atom. The highest BCUT2D eigenvalue weighted by atomic mass is 16.7. The normalized spacial score (nSPS) is 19.8. The minimum Gasteiger partial charge on any atom is -0.394 e. The molecule has 0 aliphatic carbocycles. The van der Waals surface area contributed by atoms with Gasteiger partial charge in [0.15, 0.2) is 6.29 Å². The van der Waals surface area contributed by atoms with Crippen molar-refractivity contribution in [1.29, 1.82) is 0 Å². The summed E-state index contributed by atoms with van der Waals surface area (Å²) < 4.78 is 11.2. The van der Waals surface area contributed by atoms with Gasteiger partial charge in [-0.2, -0.15) is 0 Å². The fourth-order valence-corrected chi connectivity index (χ4v) is 9.11. The smallest absolute Gasteiger partial charge is 0.220 e. The zero-order valence-corrected chi connectivity index (χ0v) is 45.7. The molecule has 0 spiro atoms. The molecule has 0 aromatic carbocycles. The third kappa shape index (κ3) is 40.7. The molecule has 0 bridgehead atoms. The lowest BCUT2D eigenvalue weighted by molar-refractivity contribution is -0.302. The van der Waals surface area contributed by atoms with Gasteiger partial charge in [-0.1, -0.05) is 254 Å². The zero-order valence-electron chi connectivity index (χ0n) is 45.7. The maximum atomic E-state index is 13.0. The van der Waals surface area contributed by atoms with Crippen LogP contribution in [0.2, 0.25) is 0 Å². The Morgan fingerprint density at radius 2 is 0.887 bits per heavy atom. The first-order chi connectivity index (χ1) is 34.8. The van der Waals surface area contributed by atoms with Crippen LogP contribution in [0.5, 0.6) is 0 Å². The maximum Gasteiger partial charge on any atom is 0.220 e. The van der Waals surface area contributed by atoms with E-state index >= 15 is 0 Å². The molecule has 9 nitrogen and oxygen atoms in total. The predicted octanol–water partition coefficient (Wildman–Crippen LogP) is 14.8. The van der Waals surface area contributed by atoms with Crippen LogP contribution in [0.4, 0.5) is 0 Å². The van der Waals surface area contributed by atoms with Crippen LogP contribution in [-0.2, 0) is 14.3 Å². The third-order valence-corrected chi connectivity index (χ3v) is 13.8. The van der Waals surface area contributed by atoms with Gasteiger partial charge in [0.25, 0.3) is 0 Å². The first-order valence-electron chi connectivity index (χ1n) is 29.7. The van der Waals surface area contributed by atoms with E-state index in [4.69, 9.17) is 9.47 Å². The van der Waals surface area contributed by atoms with E-state index in [-0.39, 0.29) is 12.5 Å². The summed E-state index contributed by atoms with van der Waals surface area (Å²) in [4.78, 5) is 13.0. The highest BCUT2D eigenvalue weighted by Gasteiger charge is 2.44. The molecule has 9 heteroatoms. The Kier molecular flexibility index (Phi) is 48.0. The minimum absolute atomic E-state index is 0.186. The molecule has 1 fully saturated rings. The van der Waals surface area contributed by atoms with Crippen molar-refractivity contribution in [2.24, 2.45) is 0 Å². The van der Waals surface area contributed by atoms with E-state index in [0.29, 0.717) is 6.42 Å². The monoisotopic (exact) mass is 998 g/mol. The van der Waals surface area contributed by atoms with Crippen LogP contribution in [0.25, 0.3) is 0 Å². The van der Waals surface area contributed by atoms with Crippen molar-refractivity contribution in [3.63, 3.8) is 0 Å². The number of hydrogen-bond acceptors (Lipinski definition) is 8. The summed E-state index contributed by atoms with van der Waals surface area (Å²) in [5.41, 5.74) is 0. The molecule has 0 radical (unpaired) electrons. The number of allylic oxidation sites excluding steroid dienone is 11. The van der Waals surface area contributed by atoms with Crippen molar-refractivity contribution in [3.8, 4) is 0 Å². The van der Waals surface area contributed by atoms with Crippen LogP contribution < -0.4 is 5.32 Å². The molecule has 1 amide bonds. The Hall–Kier alpha value is -2.37. The second-order valence-electron chi connectivity index (χ2n) is 20.4. The lowest BCUT2D eigenvalue weighted by atomic mass is 9.99. The maximum absolute atomic E-state index is 13.0. The van der Waals surface area contributed by atoms with E-state index in [1.165, 1.54) is 173 Å². The molecule has 7 atom stereocenters. The predicted molar refractivity (Wildman–Crippen MR) is 299 cm³/mol. The van der Waals surface area contributed by atoms with Gasteiger partial charge in [-0.25, -0.2) is 0 Å². The van der Waals surface area contributed by atoms with Crippen LogP contribution in [0, 0.1) is 0 Å². The number of carbonyl (C=O) groups excluding carboxylic acids is 1. The first kappa shape index (κ1) is 66.6. The molecule has 0 aromatic rings. The summed E-state index contributed by atoms with van der Waals surface area (Å²) in [7, 11) is 0. The number of carbonyl (C=O) groups is 1. The van der Waals surface area contributed by atoms with Gasteiger partial charge in [0, 0.05) is 6.42 Å². The number of aliphatic hydroxyl groups is 5. The minimum atomic E-state index is -1.57. The van der Waals surface area contributed by atoms with E-state index in [9.17, 15) is 30.3 Å². The summed E-state index contributed by atoms with van der Waals surface area (Å²) in [6.45, 7) is 3.64. The van der Waals surface area contributed by atoms with Crippen LogP contribution in [0.15, 0.2) is 72.9 Å². The number of ether oxygens (including phenoxy) is 2. The first-order valence-corrected chi connectivity index (χ1v) is 29.7. The van der Waals surface area contributed by atoms with Gasteiger partial charge in [0.1, 0.15) is 24.4 Å². The highest BCUT2D eigenvalue weighted by molar-refractivity contribution is 5.76. The average molecular weight is 999 g/mol. The number of aliphatic hydroxyl groups excluding tert-OH is 5. The van der Waals surface area contributed by atoms with Crippen LogP contribution in [0.1, 0.15) is 258 Å². The summed E-state index contributed by atoms with van der Waals surface area (Å²) >= 11 is 0. The van der Waals surface area contributed by atoms with Crippen molar-refractivity contribution in [1.82, 2.24) is 5.32 Å². The van der Waals surface area contributed by atoms with Crippen LogP contribution in [0.3, 0.4) is 0 Å². The van der Waals surface area contributed by atoms with E-state index in [0.717, 1.165) is 64.2 Å². The molecule has 1 heterocycles. The van der Waals surface area contributed by atoms with Crippen LogP contribution >= 0.6 is 0 Å². The molecular weight excluding hydrogens is 887 g/mol. The molecule has 0 aromatic heterocycles. The number of amides is 1. The fourth-order valence-electron chi connectivity index (χ4n) is 9.11. The third-order valence-electron chi connectivity index (χ3n) is 13.8. The molecule has 7 unspecified atom stereocenters. The second-order valence-corrected chi connectivity index (χ2v) is 20.4. The van der Waals surface area contributed by atoms with Crippen molar-refractivity contribution in [2.45, 2.75) is 301 Å². The number of rotatable bonds is 50. The molecule has 1 rings (SSSR count). The van der Waals surface area contributed by atoms with E-state index in [1.54, 1.807) is 6.08 Å². The average Bonchev–Trinajstić information content (AvgIpc) is 3.37. The summed E-state index contributed by atoms with van der Waals surface area (Å²) in [6, 6.07) is -0.821. The van der Waals surface area contributed by atoms with Crippen molar-refractivity contribution in [3.05, 3.63) is 72.9 Å². The Bertz CT molecular complexity index is 1340. The van der Waals surface area contributed by atoms with Gasteiger partial charge in [-0.05, 0) is 70.6 Å². The zero-order chi connectivity index (χ0) is 51.5. The van der Waals surface area contributed by atoms with Gasteiger partial charge in [-0.15, -0.1) is 0 Å². The number of hydrogen-bond donors (Lipinski definition) is 6. The van der Waals surface area contributed by atoms with Crippen LogP contribution in [-0.4, -0.2) is 87.5 Å². The van der Waals surface area contributed by atoms with Gasteiger partial charge in [0.05, 0.1) is 25.4 Å².